The van der Waals surface area contributed by atoms with Gasteiger partial charge in [-0.3, -0.25) is 0 Å². The molecule has 0 saturated carbocycles. The predicted molar refractivity (Wildman–Crippen MR) is 148 cm³/mol. The van der Waals surface area contributed by atoms with E-state index in [0.717, 1.165) is 44.3 Å². The molecule has 6 nitrogen and oxygen atoms in total. The van der Waals surface area contributed by atoms with E-state index in [1.807, 2.05) is 30.3 Å². The SMILES string of the molecule is COC(=O)[C@H](CN1CCC(=C2c3ccccc3CCc3ccccc32)CC1)NC(=O)OCc1ccccc1. The molecule has 5 rings (SSSR count). The summed E-state index contributed by atoms with van der Waals surface area (Å²) in [4.78, 5) is 27.2. The molecule has 0 radical (unpaired) electrons. The van der Waals surface area contributed by atoms with Gasteiger partial charge in [0.2, 0.25) is 0 Å². The van der Waals surface area contributed by atoms with Crippen LogP contribution in [0, 0.1) is 0 Å². The molecule has 2 aliphatic rings. The van der Waals surface area contributed by atoms with Crippen LogP contribution in [0.2, 0.25) is 0 Å². The molecule has 196 valence electrons. The number of carbonyl (C=O) groups is 2. The highest BCUT2D eigenvalue weighted by atomic mass is 16.6. The summed E-state index contributed by atoms with van der Waals surface area (Å²) in [6.45, 7) is 2.13. The van der Waals surface area contributed by atoms with Crippen molar-refractivity contribution in [2.75, 3.05) is 26.7 Å². The molecule has 6 heteroatoms. The average molecular weight is 511 g/mol. The fourth-order valence-electron chi connectivity index (χ4n) is 5.50. The molecule has 0 unspecified atom stereocenters. The first-order chi connectivity index (χ1) is 18.6. The molecule has 1 heterocycles. The van der Waals surface area contributed by atoms with E-state index in [4.69, 9.17) is 9.47 Å². The van der Waals surface area contributed by atoms with Gasteiger partial charge in [-0.25, -0.2) is 9.59 Å². The van der Waals surface area contributed by atoms with E-state index < -0.39 is 18.1 Å². The highest BCUT2D eigenvalue weighted by Gasteiger charge is 2.28. The van der Waals surface area contributed by atoms with Crippen LogP contribution in [0.5, 0.6) is 0 Å². The second-order valence-corrected chi connectivity index (χ2v) is 9.88. The van der Waals surface area contributed by atoms with Crippen molar-refractivity contribution in [1.82, 2.24) is 10.2 Å². The summed E-state index contributed by atoms with van der Waals surface area (Å²) in [7, 11) is 1.34. The fraction of sp³-hybridized carbons (Fsp3) is 0.312. The number of rotatable bonds is 6. The van der Waals surface area contributed by atoms with Gasteiger partial charge in [0.25, 0.3) is 0 Å². The van der Waals surface area contributed by atoms with Crippen molar-refractivity contribution in [1.29, 1.82) is 0 Å². The Bertz CT molecular complexity index is 1260. The summed E-state index contributed by atoms with van der Waals surface area (Å²) < 4.78 is 10.3. The van der Waals surface area contributed by atoms with E-state index in [-0.39, 0.29) is 6.61 Å². The molecule has 1 aliphatic heterocycles. The molecular formula is C32H34N2O4. The number of likely N-dealkylation sites (tertiary alicyclic amines) is 1. The van der Waals surface area contributed by atoms with Crippen LogP contribution in [-0.2, 0) is 33.7 Å². The van der Waals surface area contributed by atoms with E-state index in [9.17, 15) is 9.59 Å². The lowest BCUT2D eigenvalue weighted by Crippen LogP contribution is -2.50. The zero-order valence-electron chi connectivity index (χ0n) is 21.8. The standard InChI is InChI=1S/C32H34N2O4/c1-37-31(35)29(33-32(36)38-22-23-9-3-2-4-10-23)21-34-19-17-26(18-20-34)30-27-13-7-5-11-24(27)15-16-25-12-6-8-14-28(25)30/h2-14,29H,15-22H2,1H3,(H,33,36)/t29-/m0/s1. The Hall–Kier alpha value is -3.90. The Morgan fingerprint density at radius 3 is 2.00 bits per heavy atom. The number of amides is 1. The number of alkyl carbamates (subject to hydrolysis) is 1. The number of nitrogens with zero attached hydrogens (tertiary/aromatic N) is 1. The van der Waals surface area contributed by atoms with Crippen LogP contribution in [0.25, 0.3) is 5.57 Å². The van der Waals surface area contributed by atoms with Gasteiger partial charge in [-0.05, 0) is 59.1 Å². The molecule has 1 aliphatic carbocycles. The zero-order valence-corrected chi connectivity index (χ0v) is 21.8. The summed E-state index contributed by atoms with van der Waals surface area (Å²) in [6.07, 6.45) is 3.27. The summed E-state index contributed by atoms with van der Waals surface area (Å²) in [5, 5.41) is 2.70. The average Bonchev–Trinajstić information content (AvgIpc) is 3.13. The Kier molecular flexibility index (Phi) is 8.19. The minimum atomic E-state index is -0.795. The zero-order chi connectivity index (χ0) is 26.3. The van der Waals surface area contributed by atoms with Gasteiger partial charge < -0.3 is 19.7 Å². The number of hydrogen-bond donors (Lipinski definition) is 1. The van der Waals surface area contributed by atoms with Crippen molar-refractivity contribution in [3.63, 3.8) is 0 Å². The molecule has 1 N–H and O–H groups in total. The Morgan fingerprint density at radius 2 is 1.39 bits per heavy atom. The maximum Gasteiger partial charge on any atom is 0.408 e. The van der Waals surface area contributed by atoms with Gasteiger partial charge in [0.05, 0.1) is 7.11 Å². The van der Waals surface area contributed by atoms with Crippen LogP contribution in [0.4, 0.5) is 4.79 Å². The maximum atomic E-state index is 12.5. The van der Waals surface area contributed by atoms with E-state index in [1.54, 1.807) is 0 Å². The molecule has 3 aromatic rings. The van der Waals surface area contributed by atoms with Crippen LogP contribution in [0.15, 0.2) is 84.4 Å². The van der Waals surface area contributed by atoms with Crippen LogP contribution in [-0.4, -0.2) is 49.7 Å². The van der Waals surface area contributed by atoms with Crippen LogP contribution in [0.1, 0.15) is 40.7 Å². The normalized spacial score (nSPS) is 16.0. The molecule has 0 spiro atoms. The Morgan fingerprint density at radius 1 is 0.816 bits per heavy atom. The van der Waals surface area contributed by atoms with E-state index in [0.29, 0.717) is 6.54 Å². The summed E-state index contributed by atoms with van der Waals surface area (Å²) in [6, 6.07) is 26.2. The lowest BCUT2D eigenvalue weighted by Gasteiger charge is -2.32. The van der Waals surface area contributed by atoms with Gasteiger partial charge in [-0.1, -0.05) is 84.4 Å². The van der Waals surface area contributed by atoms with Crippen molar-refractivity contribution in [2.24, 2.45) is 0 Å². The van der Waals surface area contributed by atoms with Crippen molar-refractivity contribution in [2.45, 2.75) is 38.3 Å². The highest BCUT2D eigenvalue weighted by Crippen LogP contribution is 2.38. The van der Waals surface area contributed by atoms with Gasteiger partial charge in [0, 0.05) is 19.6 Å². The minimum absolute atomic E-state index is 0.143. The monoisotopic (exact) mass is 510 g/mol. The molecule has 0 aromatic heterocycles. The van der Waals surface area contributed by atoms with Crippen LogP contribution < -0.4 is 5.32 Å². The number of hydrogen-bond acceptors (Lipinski definition) is 5. The predicted octanol–water partition coefficient (Wildman–Crippen LogP) is 5.15. The number of methoxy groups -OCH3 is 1. The quantitative estimate of drug-likeness (QED) is 0.465. The third-order valence-electron chi connectivity index (χ3n) is 7.48. The molecule has 3 aromatic carbocycles. The second-order valence-electron chi connectivity index (χ2n) is 9.88. The Balaban J connectivity index is 1.27. The number of nitrogens with one attached hydrogen (secondary N) is 1. The van der Waals surface area contributed by atoms with Gasteiger partial charge >= 0.3 is 12.1 Å². The minimum Gasteiger partial charge on any atom is -0.467 e. The first-order valence-electron chi connectivity index (χ1n) is 13.3. The van der Waals surface area contributed by atoms with E-state index >= 15 is 0 Å². The highest BCUT2D eigenvalue weighted by molar-refractivity contribution is 5.86. The second kappa shape index (κ2) is 12.1. The Labute approximate surface area is 224 Å². The molecule has 1 atom stereocenters. The lowest BCUT2D eigenvalue weighted by atomic mass is 9.86. The first-order valence-corrected chi connectivity index (χ1v) is 13.3. The fourth-order valence-corrected chi connectivity index (χ4v) is 5.50. The van der Waals surface area contributed by atoms with Crippen molar-refractivity contribution < 1.29 is 19.1 Å². The number of carbonyl (C=O) groups excluding carboxylic acids is 2. The number of benzene rings is 3. The number of aryl methyl sites for hydroxylation is 2. The van der Waals surface area contributed by atoms with E-state index in [1.165, 1.54) is 40.5 Å². The number of fused-ring (bicyclic) bond motifs is 2. The van der Waals surface area contributed by atoms with Gasteiger partial charge in [0.1, 0.15) is 12.6 Å². The van der Waals surface area contributed by atoms with Crippen LogP contribution in [0.3, 0.4) is 0 Å². The maximum absolute atomic E-state index is 12.5. The smallest absolute Gasteiger partial charge is 0.408 e. The van der Waals surface area contributed by atoms with Gasteiger partial charge in [0.15, 0.2) is 0 Å². The lowest BCUT2D eigenvalue weighted by molar-refractivity contribution is -0.143. The molecule has 38 heavy (non-hydrogen) atoms. The summed E-state index contributed by atoms with van der Waals surface area (Å²) in [5.41, 5.74) is 9.20. The summed E-state index contributed by atoms with van der Waals surface area (Å²) >= 11 is 0. The molecule has 1 fully saturated rings. The largest absolute Gasteiger partial charge is 0.467 e. The third-order valence-corrected chi connectivity index (χ3v) is 7.48. The van der Waals surface area contributed by atoms with Crippen molar-refractivity contribution >= 4 is 17.6 Å². The first kappa shape index (κ1) is 25.7. The topological polar surface area (TPSA) is 67.9 Å². The van der Waals surface area contributed by atoms with Crippen molar-refractivity contribution in [3.05, 3.63) is 112 Å². The molecule has 1 amide bonds. The van der Waals surface area contributed by atoms with Crippen molar-refractivity contribution in [3.8, 4) is 0 Å². The molecular weight excluding hydrogens is 476 g/mol. The summed E-state index contributed by atoms with van der Waals surface area (Å²) in [5.74, 6) is -0.475. The van der Waals surface area contributed by atoms with E-state index in [2.05, 4.69) is 58.7 Å². The molecule has 0 bridgehead atoms. The van der Waals surface area contributed by atoms with Gasteiger partial charge in [-0.2, -0.15) is 0 Å². The van der Waals surface area contributed by atoms with Gasteiger partial charge in [-0.15, -0.1) is 0 Å². The number of ether oxygens (including phenoxy) is 2. The third kappa shape index (κ3) is 5.97. The molecule has 1 saturated heterocycles. The number of esters is 1. The number of piperidine rings is 1. The van der Waals surface area contributed by atoms with Crippen LogP contribution >= 0.6 is 0 Å².